The number of aryl methyl sites for hydroxylation is 3. The Labute approximate surface area is 124 Å². The highest BCUT2D eigenvalue weighted by atomic mass is 15.4. The largest absolute Gasteiger partial charge is 0.368 e. The van der Waals surface area contributed by atoms with Gasteiger partial charge >= 0.3 is 0 Å². The van der Waals surface area contributed by atoms with Gasteiger partial charge in [-0.15, -0.1) is 15.3 Å². The van der Waals surface area contributed by atoms with Crippen molar-refractivity contribution in [3.05, 3.63) is 52.8 Å². The molecule has 5 nitrogen and oxygen atoms in total. The minimum Gasteiger partial charge on any atom is -0.368 e. The summed E-state index contributed by atoms with van der Waals surface area (Å²) >= 11 is 0. The van der Waals surface area contributed by atoms with Crippen LogP contribution < -0.4 is 5.32 Å². The van der Waals surface area contributed by atoms with Gasteiger partial charge in [0.2, 0.25) is 0 Å². The number of fused-ring (bicyclic) bond motifs is 1. The molecule has 0 bridgehead atoms. The first-order chi connectivity index (χ1) is 10.1. The van der Waals surface area contributed by atoms with Crippen LogP contribution in [0.1, 0.15) is 22.5 Å². The lowest BCUT2D eigenvalue weighted by Gasteiger charge is -2.07. The van der Waals surface area contributed by atoms with Crippen molar-refractivity contribution in [1.82, 2.24) is 19.8 Å². The van der Waals surface area contributed by atoms with Gasteiger partial charge < -0.3 is 5.32 Å². The molecule has 3 aromatic rings. The third kappa shape index (κ3) is 3.02. The van der Waals surface area contributed by atoms with E-state index in [9.17, 15) is 0 Å². The van der Waals surface area contributed by atoms with Crippen LogP contribution in [-0.4, -0.2) is 26.4 Å². The van der Waals surface area contributed by atoms with Crippen LogP contribution in [0.4, 0.5) is 5.82 Å². The first-order valence-electron chi connectivity index (χ1n) is 7.12. The summed E-state index contributed by atoms with van der Waals surface area (Å²) in [4.78, 5) is 0. The van der Waals surface area contributed by atoms with E-state index in [-0.39, 0.29) is 0 Å². The van der Waals surface area contributed by atoms with E-state index in [1.165, 1.54) is 16.7 Å². The highest BCUT2D eigenvalue weighted by molar-refractivity contribution is 5.44. The molecule has 0 unspecified atom stereocenters. The summed E-state index contributed by atoms with van der Waals surface area (Å²) in [6.07, 6.45) is 0.976. The van der Waals surface area contributed by atoms with Gasteiger partial charge in [0, 0.05) is 6.54 Å². The molecule has 0 atom stereocenters. The van der Waals surface area contributed by atoms with E-state index in [0.29, 0.717) is 0 Å². The molecule has 21 heavy (non-hydrogen) atoms. The molecule has 0 saturated carbocycles. The van der Waals surface area contributed by atoms with Gasteiger partial charge in [-0.05, 0) is 44.9 Å². The fourth-order valence-electron chi connectivity index (χ4n) is 2.54. The lowest BCUT2D eigenvalue weighted by atomic mass is 10.1. The predicted octanol–water partition coefficient (Wildman–Crippen LogP) is 2.70. The summed E-state index contributed by atoms with van der Waals surface area (Å²) in [7, 11) is 0. The molecule has 108 valence electrons. The molecule has 5 heteroatoms. The zero-order valence-electron chi connectivity index (χ0n) is 12.6. The predicted molar refractivity (Wildman–Crippen MR) is 83.6 cm³/mol. The molecule has 1 aromatic carbocycles. The number of nitrogens with zero attached hydrogens (tertiary/aromatic N) is 4. The maximum absolute atomic E-state index is 4.48. The maximum atomic E-state index is 4.48. The quantitative estimate of drug-likeness (QED) is 0.799. The maximum Gasteiger partial charge on any atom is 0.178 e. The highest BCUT2D eigenvalue weighted by Crippen LogP contribution is 2.10. The van der Waals surface area contributed by atoms with Crippen LogP contribution in [0.3, 0.4) is 0 Å². The van der Waals surface area contributed by atoms with Crippen LogP contribution in [0.15, 0.2) is 30.3 Å². The molecule has 2 heterocycles. The van der Waals surface area contributed by atoms with E-state index in [0.717, 1.165) is 30.3 Å². The molecule has 0 spiro atoms. The summed E-state index contributed by atoms with van der Waals surface area (Å²) in [5, 5.41) is 15.9. The van der Waals surface area contributed by atoms with Crippen LogP contribution >= 0.6 is 0 Å². The van der Waals surface area contributed by atoms with Gasteiger partial charge in [-0.2, -0.15) is 4.52 Å². The Morgan fingerprint density at radius 2 is 1.76 bits per heavy atom. The van der Waals surface area contributed by atoms with E-state index < -0.39 is 0 Å². The lowest BCUT2D eigenvalue weighted by Crippen LogP contribution is -2.08. The molecule has 0 radical (unpaired) electrons. The van der Waals surface area contributed by atoms with Gasteiger partial charge in [0.05, 0.1) is 0 Å². The van der Waals surface area contributed by atoms with Crippen molar-refractivity contribution in [1.29, 1.82) is 0 Å². The van der Waals surface area contributed by atoms with Gasteiger partial charge in [0.15, 0.2) is 11.5 Å². The van der Waals surface area contributed by atoms with Crippen molar-refractivity contribution < 1.29 is 0 Å². The monoisotopic (exact) mass is 281 g/mol. The molecular formula is C16H19N5. The second-order valence-corrected chi connectivity index (χ2v) is 5.41. The Morgan fingerprint density at radius 3 is 2.52 bits per heavy atom. The van der Waals surface area contributed by atoms with Crippen LogP contribution in [0, 0.1) is 20.8 Å². The summed E-state index contributed by atoms with van der Waals surface area (Å²) < 4.78 is 1.75. The van der Waals surface area contributed by atoms with E-state index in [2.05, 4.69) is 52.7 Å². The summed E-state index contributed by atoms with van der Waals surface area (Å²) in [5.74, 6) is 1.64. The summed E-state index contributed by atoms with van der Waals surface area (Å²) in [6, 6.07) is 10.5. The SMILES string of the molecule is Cc1cc(C)cc(CCNc2ccc3nnc(C)n3n2)c1. The molecule has 0 aliphatic carbocycles. The van der Waals surface area contributed by atoms with Crippen molar-refractivity contribution in [2.75, 3.05) is 11.9 Å². The van der Waals surface area contributed by atoms with Crippen molar-refractivity contribution in [3.8, 4) is 0 Å². The van der Waals surface area contributed by atoms with Gasteiger partial charge in [-0.1, -0.05) is 29.3 Å². The van der Waals surface area contributed by atoms with Crippen LogP contribution in [0.5, 0.6) is 0 Å². The van der Waals surface area contributed by atoms with Crippen molar-refractivity contribution >= 4 is 11.5 Å². The van der Waals surface area contributed by atoms with Gasteiger partial charge in [-0.25, -0.2) is 0 Å². The number of hydrogen-bond donors (Lipinski definition) is 1. The first-order valence-corrected chi connectivity index (χ1v) is 7.12. The Kier molecular flexibility index (Phi) is 3.56. The van der Waals surface area contributed by atoms with Gasteiger partial charge in [-0.3, -0.25) is 0 Å². The minimum atomic E-state index is 0.771. The molecule has 3 rings (SSSR count). The third-order valence-corrected chi connectivity index (χ3v) is 3.42. The number of benzene rings is 1. The van der Waals surface area contributed by atoms with E-state index in [4.69, 9.17) is 0 Å². The van der Waals surface area contributed by atoms with E-state index in [1.807, 2.05) is 19.1 Å². The molecular weight excluding hydrogens is 262 g/mol. The first kappa shape index (κ1) is 13.5. The number of anilines is 1. The van der Waals surface area contributed by atoms with Crippen LogP contribution in [0.2, 0.25) is 0 Å². The number of aromatic nitrogens is 4. The van der Waals surface area contributed by atoms with Crippen LogP contribution in [0.25, 0.3) is 5.65 Å². The van der Waals surface area contributed by atoms with Crippen molar-refractivity contribution in [2.45, 2.75) is 27.2 Å². The van der Waals surface area contributed by atoms with Gasteiger partial charge in [0.25, 0.3) is 0 Å². The second kappa shape index (κ2) is 5.52. The van der Waals surface area contributed by atoms with Crippen molar-refractivity contribution in [2.24, 2.45) is 0 Å². The average Bonchev–Trinajstić information content (AvgIpc) is 2.79. The van der Waals surface area contributed by atoms with Crippen LogP contribution in [-0.2, 0) is 6.42 Å². The zero-order chi connectivity index (χ0) is 14.8. The molecule has 2 aromatic heterocycles. The standard InChI is InChI=1S/C16H19N5/c1-11-8-12(2)10-14(9-11)6-7-17-15-4-5-16-19-18-13(3)21(16)20-15/h4-5,8-10H,6-7H2,1-3H3,(H,17,20). The minimum absolute atomic E-state index is 0.771. The third-order valence-electron chi connectivity index (χ3n) is 3.42. The van der Waals surface area contributed by atoms with E-state index >= 15 is 0 Å². The lowest BCUT2D eigenvalue weighted by molar-refractivity contribution is 0.867. The number of hydrogen-bond acceptors (Lipinski definition) is 4. The van der Waals surface area contributed by atoms with Crippen molar-refractivity contribution in [3.63, 3.8) is 0 Å². The summed E-state index contributed by atoms with van der Waals surface area (Å²) in [5.41, 5.74) is 4.74. The number of nitrogens with one attached hydrogen (secondary N) is 1. The number of rotatable bonds is 4. The van der Waals surface area contributed by atoms with E-state index in [1.54, 1.807) is 4.52 Å². The molecule has 0 amide bonds. The Balaban J connectivity index is 1.67. The highest BCUT2D eigenvalue weighted by Gasteiger charge is 2.03. The molecule has 0 fully saturated rings. The molecule has 0 saturated heterocycles. The molecule has 0 aliphatic rings. The Bertz CT molecular complexity index is 755. The fourth-order valence-corrected chi connectivity index (χ4v) is 2.54. The Morgan fingerprint density at radius 1 is 1.00 bits per heavy atom. The smallest absolute Gasteiger partial charge is 0.178 e. The Hall–Kier alpha value is -2.43. The normalized spacial score (nSPS) is 11.0. The zero-order valence-corrected chi connectivity index (χ0v) is 12.6. The fraction of sp³-hybridized carbons (Fsp3) is 0.312. The second-order valence-electron chi connectivity index (χ2n) is 5.41. The molecule has 0 aliphatic heterocycles. The average molecular weight is 281 g/mol. The molecule has 1 N–H and O–H groups in total. The van der Waals surface area contributed by atoms with Gasteiger partial charge in [0.1, 0.15) is 5.82 Å². The summed E-state index contributed by atoms with van der Waals surface area (Å²) in [6.45, 7) is 7.01. The topological polar surface area (TPSA) is 55.1 Å².